The molecule has 20 heavy (non-hydrogen) atoms. The molecule has 0 fully saturated rings. The van der Waals surface area contributed by atoms with Crippen LogP contribution in [0.15, 0.2) is 42.7 Å². The number of benzene rings is 1. The summed E-state index contributed by atoms with van der Waals surface area (Å²) in [6.45, 7) is 4.30. The molecule has 1 N–H and O–H groups in total. The van der Waals surface area contributed by atoms with Crippen molar-refractivity contribution >= 4 is 5.69 Å². The molecule has 3 nitrogen and oxygen atoms in total. The Balaban J connectivity index is 1.85. The van der Waals surface area contributed by atoms with Gasteiger partial charge in [0.05, 0.1) is 19.0 Å². The summed E-state index contributed by atoms with van der Waals surface area (Å²) in [5.74, 6) is 0.908. The minimum Gasteiger partial charge on any atom is -0.497 e. The number of hydrogen-bond acceptors (Lipinski definition) is 3. The standard InChI is InChI=1S/C17H22N2O/c1-13-10-11-18-12-17(13)19-14(2)4-5-15-6-8-16(20-3)9-7-15/h6-12,14,19H,4-5H2,1-3H3. The maximum absolute atomic E-state index is 5.17. The van der Waals surface area contributed by atoms with E-state index in [0.717, 1.165) is 24.3 Å². The highest BCUT2D eigenvalue weighted by Crippen LogP contribution is 2.16. The predicted octanol–water partition coefficient (Wildman–Crippen LogP) is 3.83. The molecule has 1 atom stereocenters. The van der Waals surface area contributed by atoms with Gasteiger partial charge in [-0.1, -0.05) is 12.1 Å². The van der Waals surface area contributed by atoms with Crippen LogP contribution in [0.5, 0.6) is 5.75 Å². The number of ether oxygens (including phenoxy) is 1. The maximum Gasteiger partial charge on any atom is 0.118 e. The van der Waals surface area contributed by atoms with Gasteiger partial charge >= 0.3 is 0 Å². The van der Waals surface area contributed by atoms with Gasteiger partial charge in [-0.25, -0.2) is 0 Å². The van der Waals surface area contributed by atoms with Crippen molar-refractivity contribution in [1.29, 1.82) is 0 Å². The van der Waals surface area contributed by atoms with E-state index in [1.54, 1.807) is 7.11 Å². The molecule has 1 aromatic carbocycles. The van der Waals surface area contributed by atoms with Gasteiger partial charge < -0.3 is 10.1 Å². The Morgan fingerprint density at radius 3 is 2.60 bits per heavy atom. The molecule has 0 spiro atoms. The fraction of sp³-hybridized carbons (Fsp3) is 0.353. The van der Waals surface area contributed by atoms with Crippen LogP contribution in [0, 0.1) is 6.92 Å². The average Bonchev–Trinajstić information content (AvgIpc) is 2.48. The van der Waals surface area contributed by atoms with E-state index < -0.39 is 0 Å². The monoisotopic (exact) mass is 270 g/mol. The highest BCUT2D eigenvalue weighted by atomic mass is 16.5. The Labute approximate surface area is 121 Å². The van der Waals surface area contributed by atoms with Crippen LogP contribution in [-0.4, -0.2) is 18.1 Å². The number of pyridine rings is 1. The highest BCUT2D eigenvalue weighted by molar-refractivity contribution is 5.48. The number of anilines is 1. The Bertz CT molecular complexity index is 537. The van der Waals surface area contributed by atoms with E-state index in [9.17, 15) is 0 Å². The second kappa shape index (κ2) is 6.94. The average molecular weight is 270 g/mol. The molecule has 0 saturated heterocycles. The van der Waals surface area contributed by atoms with E-state index >= 15 is 0 Å². The maximum atomic E-state index is 5.17. The lowest BCUT2D eigenvalue weighted by Crippen LogP contribution is -2.16. The van der Waals surface area contributed by atoms with Crippen LogP contribution in [-0.2, 0) is 6.42 Å². The molecule has 2 aromatic rings. The van der Waals surface area contributed by atoms with E-state index in [0.29, 0.717) is 6.04 Å². The molecule has 0 amide bonds. The SMILES string of the molecule is COc1ccc(CCC(C)Nc2cnccc2C)cc1. The van der Waals surface area contributed by atoms with Gasteiger partial charge in [-0.2, -0.15) is 0 Å². The first-order chi connectivity index (χ1) is 9.69. The Morgan fingerprint density at radius 1 is 1.20 bits per heavy atom. The summed E-state index contributed by atoms with van der Waals surface area (Å²) in [4.78, 5) is 4.16. The number of nitrogens with one attached hydrogen (secondary N) is 1. The number of nitrogens with zero attached hydrogens (tertiary/aromatic N) is 1. The normalized spacial score (nSPS) is 11.9. The van der Waals surface area contributed by atoms with Crippen molar-refractivity contribution in [2.45, 2.75) is 32.7 Å². The Kier molecular flexibility index (Phi) is 4.99. The summed E-state index contributed by atoms with van der Waals surface area (Å²) in [7, 11) is 1.69. The summed E-state index contributed by atoms with van der Waals surface area (Å²) in [6.07, 6.45) is 5.85. The van der Waals surface area contributed by atoms with Crippen LogP contribution < -0.4 is 10.1 Å². The van der Waals surface area contributed by atoms with Crippen LogP contribution in [0.25, 0.3) is 0 Å². The van der Waals surface area contributed by atoms with Gasteiger partial charge in [0.2, 0.25) is 0 Å². The molecule has 1 heterocycles. The molecule has 0 aliphatic heterocycles. The number of methoxy groups -OCH3 is 1. The quantitative estimate of drug-likeness (QED) is 0.866. The number of hydrogen-bond donors (Lipinski definition) is 1. The third-order valence-corrected chi connectivity index (χ3v) is 3.47. The van der Waals surface area contributed by atoms with E-state index in [2.05, 4.69) is 36.3 Å². The lowest BCUT2D eigenvalue weighted by Gasteiger charge is -2.16. The summed E-state index contributed by atoms with van der Waals surface area (Å²) in [5.41, 5.74) is 3.69. The van der Waals surface area contributed by atoms with Gasteiger partial charge in [-0.05, 0) is 56.0 Å². The second-order valence-corrected chi connectivity index (χ2v) is 5.12. The molecule has 0 aliphatic carbocycles. The largest absolute Gasteiger partial charge is 0.497 e. The molecule has 2 rings (SSSR count). The fourth-order valence-electron chi connectivity index (χ4n) is 2.13. The van der Waals surface area contributed by atoms with Crippen molar-refractivity contribution in [3.8, 4) is 5.75 Å². The van der Waals surface area contributed by atoms with E-state index in [4.69, 9.17) is 4.74 Å². The molecule has 1 unspecified atom stereocenters. The first-order valence-corrected chi connectivity index (χ1v) is 6.99. The highest BCUT2D eigenvalue weighted by Gasteiger charge is 2.05. The third kappa shape index (κ3) is 3.98. The molecule has 106 valence electrons. The molecule has 0 saturated carbocycles. The summed E-state index contributed by atoms with van der Waals surface area (Å²) < 4.78 is 5.17. The molecule has 3 heteroatoms. The zero-order valence-corrected chi connectivity index (χ0v) is 12.4. The zero-order chi connectivity index (χ0) is 14.4. The molecular weight excluding hydrogens is 248 g/mol. The summed E-state index contributed by atoms with van der Waals surface area (Å²) >= 11 is 0. The summed E-state index contributed by atoms with van der Waals surface area (Å²) in [6, 6.07) is 10.7. The van der Waals surface area contributed by atoms with Crippen molar-refractivity contribution in [3.63, 3.8) is 0 Å². The lowest BCUT2D eigenvalue weighted by molar-refractivity contribution is 0.414. The number of aryl methyl sites for hydroxylation is 2. The first kappa shape index (κ1) is 14.4. The zero-order valence-electron chi connectivity index (χ0n) is 12.4. The van der Waals surface area contributed by atoms with Crippen LogP contribution in [0.4, 0.5) is 5.69 Å². The third-order valence-electron chi connectivity index (χ3n) is 3.47. The molecule has 0 bridgehead atoms. The minimum atomic E-state index is 0.417. The van der Waals surface area contributed by atoms with Gasteiger partial charge in [0.1, 0.15) is 5.75 Å². The number of rotatable bonds is 6. The fourth-order valence-corrected chi connectivity index (χ4v) is 2.13. The van der Waals surface area contributed by atoms with Crippen molar-refractivity contribution in [1.82, 2.24) is 4.98 Å². The van der Waals surface area contributed by atoms with Crippen LogP contribution in [0.1, 0.15) is 24.5 Å². The topological polar surface area (TPSA) is 34.1 Å². The molecule has 0 radical (unpaired) electrons. The second-order valence-electron chi connectivity index (χ2n) is 5.12. The van der Waals surface area contributed by atoms with E-state index in [1.807, 2.05) is 30.6 Å². The van der Waals surface area contributed by atoms with E-state index in [-0.39, 0.29) is 0 Å². The Hall–Kier alpha value is -2.03. The van der Waals surface area contributed by atoms with Gasteiger partial charge in [0.25, 0.3) is 0 Å². The summed E-state index contributed by atoms with van der Waals surface area (Å²) in [5, 5.41) is 3.52. The van der Waals surface area contributed by atoms with Gasteiger partial charge in [-0.3, -0.25) is 4.98 Å². The van der Waals surface area contributed by atoms with Crippen LogP contribution >= 0.6 is 0 Å². The first-order valence-electron chi connectivity index (χ1n) is 6.99. The van der Waals surface area contributed by atoms with Crippen LogP contribution in [0.2, 0.25) is 0 Å². The number of aromatic nitrogens is 1. The molecule has 1 aromatic heterocycles. The van der Waals surface area contributed by atoms with Crippen molar-refractivity contribution in [2.24, 2.45) is 0 Å². The van der Waals surface area contributed by atoms with Crippen molar-refractivity contribution in [3.05, 3.63) is 53.9 Å². The smallest absolute Gasteiger partial charge is 0.118 e. The van der Waals surface area contributed by atoms with Gasteiger partial charge in [-0.15, -0.1) is 0 Å². The van der Waals surface area contributed by atoms with Crippen molar-refractivity contribution in [2.75, 3.05) is 12.4 Å². The van der Waals surface area contributed by atoms with Gasteiger partial charge in [0.15, 0.2) is 0 Å². The van der Waals surface area contributed by atoms with E-state index in [1.165, 1.54) is 11.1 Å². The Morgan fingerprint density at radius 2 is 1.95 bits per heavy atom. The molecular formula is C17H22N2O. The lowest BCUT2D eigenvalue weighted by atomic mass is 10.1. The van der Waals surface area contributed by atoms with Crippen molar-refractivity contribution < 1.29 is 4.74 Å². The predicted molar refractivity (Wildman–Crippen MR) is 83.4 cm³/mol. The van der Waals surface area contributed by atoms with Gasteiger partial charge in [0, 0.05) is 12.2 Å². The van der Waals surface area contributed by atoms with Crippen LogP contribution in [0.3, 0.4) is 0 Å². The minimum absolute atomic E-state index is 0.417. The molecule has 0 aliphatic rings.